The molecule has 3 atom stereocenters. The van der Waals surface area contributed by atoms with E-state index in [4.69, 9.17) is 4.74 Å². The lowest BCUT2D eigenvalue weighted by Crippen LogP contribution is -2.58. The first-order chi connectivity index (χ1) is 11.5. The minimum Gasteiger partial charge on any atom is -0.359 e. The molecule has 0 radical (unpaired) electrons. The van der Waals surface area contributed by atoms with Gasteiger partial charge in [0.1, 0.15) is 11.9 Å². The van der Waals surface area contributed by atoms with E-state index in [2.05, 4.69) is 0 Å². The number of benzene rings is 1. The maximum absolute atomic E-state index is 14.4. The number of ether oxygens (including phenoxy) is 1. The Bertz CT molecular complexity index is 682. The van der Waals surface area contributed by atoms with Crippen molar-refractivity contribution in [2.75, 3.05) is 13.4 Å². The summed E-state index contributed by atoms with van der Waals surface area (Å²) in [6.07, 6.45) is 0.635. The van der Waals surface area contributed by atoms with Crippen molar-refractivity contribution >= 4 is 15.7 Å². The highest BCUT2D eigenvalue weighted by molar-refractivity contribution is 7.90. The first-order valence-corrected chi connectivity index (χ1v) is 10.1. The van der Waals surface area contributed by atoms with Crippen LogP contribution in [0.2, 0.25) is 0 Å². The minimum absolute atomic E-state index is 0.208. The lowest BCUT2D eigenvalue weighted by Gasteiger charge is -2.44. The van der Waals surface area contributed by atoms with Gasteiger partial charge in [0.15, 0.2) is 9.84 Å². The van der Waals surface area contributed by atoms with Gasteiger partial charge in [-0.2, -0.15) is 0 Å². The summed E-state index contributed by atoms with van der Waals surface area (Å²) in [7, 11) is -1.78. The van der Waals surface area contributed by atoms with Crippen LogP contribution in [-0.4, -0.2) is 50.5 Å². The molecule has 7 heteroatoms. The lowest BCUT2D eigenvalue weighted by molar-refractivity contribution is -0.175. The van der Waals surface area contributed by atoms with E-state index in [1.807, 2.05) is 6.92 Å². The summed E-state index contributed by atoms with van der Waals surface area (Å²) in [6, 6.07) is 5.59. The molecule has 25 heavy (non-hydrogen) atoms. The Labute approximate surface area is 150 Å². The van der Waals surface area contributed by atoms with Gasteiger partial charge in [0.2, 0.25) is 5.91 Å². The third kappa shape index (κ3) is 5.25. The van der Waals surface area contributed by atoms with E-state index in [0.29, 0.717) is 6.42 Å². The first kappa shape index (κ1) is 21.6. The topological polar surface area (TPSA) is 63.7 Å². The summed E-state index contributed by atoms with van der Waals surface area (Å²) in [5.41, 5.74) is -0.161. The summed E-state index contributed by atoms with van der Waals surface area (Å²) in [6.45, 7) is 6.45. The van der Waals surface area contributed by atoms with Crippen LogP contribution in [0.25, 0.3) is 0 Å². The van der Waals surface area contributed by atoms with Crippen LogP contribution in [0.3, 0.4) is 0 Å². The number of nitrogens with zero attached hydrogens (tertiary/aromatic N) is 1. The van der Waals surface area contributed by atoms with Crippen molar-refractivity contribution in [3.63, 3.8) is 0 Å². The first-order valence-electron chi connectivity index (χ1n) is 8.24. The molecule has 1 aromatic rings. The van der Waals surface area contributed by atoms with Crippen LogP contribution in [0.5, 0.6) is 0 Å². The number of hydrogen-bond donors (Lipinski definition) is 0. The van der Waals surface area contributed by atoms with Gasteiger partial charge in [-0.25, -0.2) is 12.8 Å². The van der Waals surface area contributed by atoms with E-state index in [1.165, 1.54) is 38.0 Å². The van der Waals surface area contributed by atoms with Crippen molar-refractivity contribution in [2.24, 2.45) is 0 Å². The molecule has 0 bridgehead atoms. The zero-order chi connectivity index (χ0) is 19.4. The number of alkyl halides is 1. The second kappa shape index (κ2) is 8.27. The van der Waals surface area contributed by atoms with E-state index in [9.17, 15) is 17.6 Å². The Hall–Kier alpha value is -1.47. The fraction of sp³-hybridized carbons (Fsp3) is 0.611. The van der Waals surface area contributed by atoms with Gasteiger partial charge in [0.05, 0.1) is 10.9 Å². The second-order valence-corrected chi connectivity index (χ2v) is 8.50. The number of sulfone groups is 1. The Morgan fingerprint density at radius 3 is 2.16 bits per heavy atom. The molecular formula is C18H28FNO4S. The predicted molar refractivity (Wildman–Crippen MR) is 95.8 cm³/mol. The zero-order valence-corrected chi connectivity index (χ0v) is 16.6. The lowest BCUT2D eigenvalue weighted by atomic mass is 9.97. The van der Waals surface area contributed by atoms with Crippen LogP contribution in [0.15, 0.2) is 29.2 Å². The van der Waals surface area contributed by atoms with Crippen molar-refractivity contribution in [1.29, 1.82) is 0 Å². The molecule has 2 unspecified atom stereocenters. The standard InChI is InChI=1S/C18H28FNO4S/c1-7-18(4,24-5)20(14(3)21)17(13(2)19)12-15-8-10-16(11-9-15)25(6,22)23/h8-11,13,17H,7,12H2,1-6H3/t13?,17-,18?/m0/s1. The molecule has 142 valence electrons. The van der Waals surface area contributed by atoms with Gasteiger partial charge >= 0.3 is 0 Å². The van der Waals surface area contributed by atoms with E-state index >= 15 is 0 Å². The number of halogens is 1. The van der Waals surface area contributed by atoms with Gasteiger partial charge < -0.3 is 9.64 Å². The highest BCUT2D eigenvalue weighted by Crippen LogP contribution is 2.28. The Balaban J connectivity index is 3.20. The van der Waals surface area contributed by atoms with Crippen LogP contribution in [-0.2, 0) is 25.8 Å². The average Bonchev–Trinajstić information content (AvgIpc) is 2.53. The fourth-order valence-electron chi connectivity index (χ4n) is 2.90. The molecule has 0 saturated carbocycles. The number of methoxy groups -OCH3 is 1. The third-order valence-electron chi connectivity index (χ3n) is 4.60. The van der Waals surface area contributed by atoms with E-state index < -0.39 is 27.8 Å². The molecule has 5 nitrogen and oxygen atoms in total. The molecule has 0 saturated heterocycles. The van der Waals surface area contributed by atoms with Gasteiger partial charge in [-0.15, -0.1) is 0 Å². The van der Waals surface area contributed by atoms with Crippen molar-refractivity contribution in [2.45, 2.75) is 63.4 Å². The van der Waals surface area contributed by atoms with Gasteiger partial charge in [-0.1, -0.05) is 19.1 Å². The Kier molecular flexibility index (Phi) is 7.14. The minimum atomic E-state index is -3.28. The van der Waals surface area contributed by atoms with Crippen LogP contribution < -0.4 is 0 Å². The largest absolute Gasteiger partial charge is 0.359 e. The van der Waals surface area contributed by atoms with Gasteiger partial charge in [0.25, 0.3) is 0 Å². The SMILES string of the molecule is CCC(C)(OC)N(C(C)=O)[C@@H](Cc1ccc(S(C)(=O)=O)cc1)C(C)F. The monoisotopic (exact) mass is 373 g/mol. The Morgan fingerprint density at radius 1 is 1.32 bits per heavy atom. The smallest absolute Gasteiger partial charge is 0.222 e. The van der Waals surface area contributed by atoms with E-state index in [1.54, 1.807) is 19.1 Å². The van der Waals surface area contributed by atoms with Gasteiger partial charge in [-0.3, -0.25) is 4.79 Å². The van der Waals surface area contributed by atoms with Crippen molar-refractivity contribution in [3.05, 3.63) is 29.8 Å². The fourth-order valence-corrected chi connectivity index (χ4v) is 3.53. The molecule has 0 aromatic heterocycles. The van der Waals surface area contributed by atoms with Crippen molar-refractivity contribution in [3.8, 4) is 0 Å². The Morgan fingerprint density at radius 2 is 1.84 bits per heavy atom. The highest BCUT2D eigenvalue weighted by atomic mass is 32.2. The van der Waals surface area contributed by atoms with Crippen LogP contribution >= 0.6 is 0 Å². The zero-order valence-electron chi connectivity index (χ0n) is 15.7. The number of amides is 1. The number of carbonyl (C=O) groups excluding carboxylic acids is 1. The summed E-state index contributed by atoms with van der Waals surface area (Å²) >= 11 is 0. The molecule has 1 amide bonds. The number of carbonyl (C=O) groups is 1. The molecule has 0 aliphatic carbocycles. The molecular weight excluding hydrogens is 345 g/mol. The predicted octanol–water partition coefficient (Wildman–Crippen LogP) is 2.98. The maximum atomic E-state index is 14.4. The summed E-state index contributed by atoms with van der Waals surface area (Å²) in [5.74, 6) is -0.270. The molecule has 0 aliphatic rings. The number of rotatable bonds is 8. The summed E-state index contributed by atoms with van der Waals surface area (Å²) in [4.78, 5) is 13.9. The van der Waals surface area contributed by atoms with Crippen molar-refractivity contribution in [1.82, 2.24) is 4.90 Å². The number of hydrogen-bond acceptors (Lipinski definition) is 4. The molecule has 1 rings (SSSR count). The molecule has 0 aliphatic heterocycles. The van der Waals surface area contributed by atoms with Crippen LogP contribution in [0, 0.1) is 0 Å². The van der Waals surface area contributed by atoms with Crippen LogP contribution in [0.4, 0.5) is 4.39 Å². The third-order valence-corrected chi connectivity index (χ3v) is 5.73. The summed E-state index contributed by atoms with van der Waals surface area (Å²) < 4.78 is 43.0. The molecule has 1 aromatic carbocycles. The van der Waals surface area contributed by atoms with E-state index in [0.717, 1.165) is 11.8 Å². The normalized spacial score (nSPS) is 16.8. The molecule has 0 N–H and O–H groups in total. The van der Waals surface area contributed by atoms with Crippen LogP contribution in [0.1, 0.15) is 39.7 Å². The maximum Gasteiger partial charge on any atom is 0.222 e. The van der Waals surface area contributed by atoms with Gasteiger partial charge in [0, 0.05) is 20.3 Å². The van der Waals surface area contributed by atoms with E-state index in [-0.39, 0.29) is 17.2 Å². The van der Waals surface area contributed by atoms with Crippen molar-refractivity contribution < 1.29 is 22.3 Å². The molecule has 0 heterocycles. The summed E-state index contributed by atoms with van der Waals surface area (Å²) in [5, 5.41) is 0. The quantitative estimate of drug-likeness (QED) is 0.657. The highest BCUT2D eigenvalue weighted by Gasteiger charge is 2.39. The van der Waals surface area contributed by atoms with Gasteiger partial charge in [-0.05, 0) is 44.4 Å². The molecule has 0 fully saturated rings. The molecule has 0 spiro atoms. The second-order valence-electron chi connectivity index (χ2n) is 6.49. The average molecular weight is 373 g/mol.